The van der Waals surface area contributed by atoms with E-state index in [0.717, 1.165) is 11.1 Å². The van der Waals surface area contributed by atoms with Crippen molar-refractivity contribution in [1.82, 2.24) is 9.62 Å². The predicted molar refractivity (Wildman–Crippen MR) is 148 cm³/mol. The Kier molecular flexibility index (Phi) is 8.87. The molecule has 3 unspecified atom stereocenters. The second-order valence-corrected chi connectivity index (χ2v) is 11.9. The summed E-state index contributed by atoms with van der Waals surface area (Å²) in [5.74, 6) is 0.0230. The highest BCUT2D eigenvalue weighted by Crippen LogP contribution is 2.46. The van der Waals surface area contributed by atoms with E-state index in [2.05, 4.69) is 9.62 Å². The monoisotopic (exact) mass is 536 g/mol. The van der Waals surface area contributed by atoms with E-state index in [1.54, 1.807) is 19.2 Å². The summed E-state index contributed by atoms with van der Waals surface area (Å²) in [4.78, 5) is 15.5. The van der Waals surface area contributed by atoms with Crippen LogP contribution >= 0.6 is 0 Å². The molecule has 1 fully saturated rings. The molecule has 1 aliphatic carbocycles. The molecule has 0 saturated heterocycles. The minimum absolute atomic E-state index is 0.0767. The zero-order valence-corrected chi connectivity index (χ0v) is 23.0. The molecular formula is C30H36N2O5S. The number of rotatable bonds is 10. The number of carbonyl (C=O) groups is 1. The minimum Gasteiger partial charge on any atom is -0.497 e. The predicted octanol–water partition coefficient (Wildman–Crippen LogP) is 4.60. The molecule has 0 aromatic heterocycles. The average molecular weight is 537 g/mol. The molecule has 3 aromatic carbocycles. The summed E-state index contributed by atoms with van der Waals surface area (Å²) in [6.07, 6.45) is 1.51. The average Bonchev–Trinajstić information content (AvgIpc) is 2.90. The number of nitrogens with one attached hydrogen (secondary N) is 1. The molecular weight excluding hydrogens is 500 g/mol. The molecule has 0 aliphatic heterocycles. The molecule has 3 atom stereocenters. The molecule has 1 N–H and O–H groups in total. The van der Waals surface area contributed by atoms with E-state index in [1.165, 1.54) is 0 Å². The van der Waals surface area contributed by atoms with Crippen molar-refractivity contribution in [3.8, 4) is 5.75 Å². The van der Waals surface area contributed by atoms with Crippen molar-refractivity contribution >= 4 is 16.0 Å². The van der Waals surface area contributed by atoms with Gasteiger partial charge in [0.2, 0.25) is 10.0 Å². The molecule has 7 nitrogen and oxygen atoms in total. The normalized spacial score (nSPS) is 21.7. The second kappa shape index (κ2) is 12.1. The van der Waals surface area contributed by atoms with Crippen LogP contribution in [0.25, 0.3) is 0 Å². The Morgan fingerprint density at radius 3 is 2.34 bits per heavy atom. The first-order valence-corrected chi connectivity index (χ1v) is 14.5. The molecule has 202 valence electrons. The van der Waals surface area contributed by atoms with Crippen molar-refractivity contribution in [3.05, 3.63) is 102 Å². The van der Waals surface area contributed by atoms with Gasteiger partial charge in [0.1, 0.15) is 11.4 Å². The summed E-state index contributed by atoms with van der Waals surface area (Å²) < 4.78 is 41.0. The molecule has 0 spiro atoms. The number of benzene rings is 3. The van der Waals surface area contributed by atoms with E-state index in [0.29, 0.717) is 37.1 Å². The number of hydrogen-bond donors (Lipinski definition) is 1. The quantitative estimate of drug-likeness (QED) is 0.382. The minimum atomic E-state index is -3.56. The van der Waals surface area contributed by atoms with E-state index < -0.39 is 21.6 Å². The van der Waals surface area contributed by atoms with Gasteiger partial charge in [0.05, 0.1) is 18.4 Å². The largest absolute Gasteiger partial charge is 0.497 e. The molecule has 38 heavy (non-hydrogen) atoms. The third-order valence-electron chi connectivity index (χ3n) is 7.07. The van der Waals surface area contributed by atoms with Crippen molar-refractivity contribution in [2.75, 3.05) is 27.7 Å². The molecule has 1 aliphatic rings. The van der Waals surface area contributed by atoms with Crippen LogP contribution in [-0.2, 0) is 26.1 Å². The zero-order chi connectivity index (χ0) is 27.2. The number of carbonyl (C=O) groups excluding carboxylic acids is 1. The van der Waals surface area contributed by atoms with Gasteiger partial charge in [-0.15, -0.1) is 0 Å². The zero-order valence-electron chi connectivity index (χ0n) is 22.2. The molecule has 0 radical (unpaired) electrons. The maximum Gasteiger partial charge on any atom is 0.339 e. The number of nitrogens with zero attached hydrogens (tertiary/aromatic N) is 1. The molecule has 3 aromatic rings. The van der Waals surface area contributed by atoms with Crippen LogP contribution in [0.3, 0.4) is 0 Å². The van der Waals surface area contributed by atoms with Crippen molar-refractivity contribution in [2.45, 2.75) is 36.7 Å². The lowest BCUT2D eigenvalue weighted by atomic mass is 9.69. The molecule has 0 bridgehead atoms. The number of methoxy groups -OCH3 is 1. The van der Waals surface area contributed by atoms with E-state index in [1.807, 2.05) is 86.9 Å². The maximum absolute atomic E-state index is 13.4. The summed E-state index contributed by atoms with van der Waals surface area (Å²) >= 11 is 0. The third-order valence-corrected chi connectivity index (χ3v) is 8.47. The van der Waals surface area contributed by atoms with Gasteiger partial charge >= 0.3 is 5.97 Å². The Hall–Kier alpha value is -3.20. The fourth-order valence-electron chi connectivity index (χ4n) is 5.36. The number of esters is 1. The smallest absolute Gasteiger partial charge is 0.339 e. The van der Waals surface area contributed by atoms with Crippen molar-refractivity contribution in [2.24, 2.45) is 5.92 Å². The number of hydrogen-bond acceptors (Lipinski definition) is 6. The Bertz CT molecular complexity index is 1310. The van der Waals surface area contributed by atoms with Crippen LogP contribution < -0.4 is 9.46 Å². The number of ether oxygens (including phenoxy) is 2. The Balaban J connectivity index is 1.66. The summed E-state index contributed by atoms with van der Waals surface area (Å²) in [6.45, 7) is 0.607. The third kappa shape index (κ3) is 6.81. The Morgan fingerprint density at radius 1 is 1.00 bits per heavy atom. The van der Waals surface area contributed by atoms with Gasteiger partial charge in [0.15, 0.2) is 0 Å². The Morgan fingerprint density at radius 2 is 1.68 bits per heavy atom. The standard InChI is InChI=1S/C30H36N2O5S/c1-32(2)21-26-19-27(31-38(34,35)22-23-11-6-4-7-12-23)17-18-30(26,25-15-10-16-28(20-25)36-3)37-29(33)24-13-8-5-9-14-24/h4-16,20,26-27,31H,17-19,21-22H2,1-3H3. The van der Waals surface area contributed by atoms with Crippen molar-refractivity contribution < 1.29 is 22.7 Å². The molecule has 0 amide bonds. The maximum atomic E-state index is 13.4. The van der Waals surface area contributed by atoms with Gasteiger partial charge in [-0.2, -0.15) is 0 Å². The Labute approximate surface area is 225 Å². The lowest BCUT2D eigenvalue weighted by Crippen LogP contribution is -2.52. The van der Waals surface area contributed by atoms with Gasteiger partial charge in [0, 0.05) is 18.5 Å². The van der Waals surface area contributed by atoms with Gasteiger partial charge in [0.25, 0.3) is 0 Å². The van der Waals surface area contributed by atoms with Crippen molar-refractivity contribution in [1.29, 1.82) is 0 Å². The fourth-order valence-corrected chi connectivity index (χ4v) is 6.80. The molecule has 4 rings (SSSR count). The molecule has 0 heterocycles. The first-order chi connectivity index (χ1) is 18.2. The van der Waals surface area contributed by atoms with Crippen LogP contribution in [0.15, 0.2) is 84.9 Å². The van der Waals surface area contributed by atoms with E-state index in [9.17, 15) is 13.2 Å². The van der Waals surface area contributed by atoms with Crippen LogP contribution in [0.4, 0.5) is 0 Å². The fraction of sp³-hybridized carbons (Fsp3) is 0.367. The van der Waals surface area contributed by atoms with E-state index >= 15 is 0 Å². The number of sulfonamides is 1. The second-order valence-electron chi connectivity index (χ2n) is 10.2. The van der Waals surface area contributed by atoms with Crippen molar-refractivity contribution in [3.63, 3.8) is 0 Å². The highest BCUT2D eigenvalue weighted by atomic mass is 32.2. The highest BCUT2D eigenvalue weighted by molar-refractivity contribution is 7.88. The topological polar surface area (TPSA) is 84.9 Å². The van der Waals surface area contributed by atoms with Gasteiger partial charge < -0.3 is 14.4 Å². The van der Waals surface area contributed by atoms with Crippen LogP contribution in [0, 0.1) is 5.92 Å². The highest BCUT2D eigenvalue weighted by Gasteiger charge is 2.49. The van der Waals surface area contributed by atoms with E-state index in [-0.39, 0.29) is 17.7 Å². The van der Waals surface area contributed by atoms with Gasteiger partial charge in [-0.3, -0.25) is 0 Å². The lowest BCUT2D eigenvalue weighted by Gasteiger charge is -2.47. The van der Waals surface area contributed by atoms with Crippen LogP contribution in [0.1, 0.15) is 40.7 Å². The summed E-state index contributed by atoms with van der Waals surface area (Å²) in [7, 11) is 1.99. The first-order valence-electron chi connectivity index (χ1n) is 12.8. The SMILES string of the molecule is COc1cccc(C2(OC(=O)c3ccccc3)CCC(NS(=O)(=O)Cc3ccccc3)CC2CN(C)C)c1. The van der Waals surface area contributed by atoms with E-state index in [4.69, 9.17) is 9.47 Å². The van der Waals surface area contributed by atoms with Gasteiger partial charge in [-0.1, -0.05) is 60.7 Å². The summed E-state index contributed by atoms with van der Waals surface area (Å²) in [5, 5.41) is 0. The van der Waals surface area contributed by atoms with Gasteiger partial charge in [-0.25, -0.2) is 17.9 Å². The molecule has 8 heteroatoms. The first kappa shape index (κ1) is 27.8. The van der Waals surface area contributed by atoms with Crippen LogP contribution in [0.5, 0.6) is 5.75 Å². The summed E-state index contributed by atoms with van der Waals surface area (Å²) in [5.41, 5.74) is 1.11. The van der Waals surface area contributed by atoms with Gasteiger partial charge in [-0.05, 0) is 68.8 Å². The lowest BCUT2D eigenvalue weighted by molar-refractivity contribution is -0.0866. The summed E-state index contributed by atoms with van der Waals surface area (Å²) in [6, 6.07) is 25.5. The molecule has 1 saturated carbocycles. The van der Waals surface area contributed by atoms with Crippen LogP contribution in [0.2, 0.25) is 0 Å². The van der Waals surface area contributed by atoms with Crippen LogP contribution in [-0.4, -0.2) is 53.1 Å².